The molecule has 3 nitrogen and oxygen atoms in total. The molecule has 0 saturated heterocycles. The van der Waals surface area contributed by atoms with Gasteiger partial charge < -0.3 is 9.14 Å². The molecule has 0 bridgehead atoms. The summed E-state index contributed by atoms with van der Waals surface area (Å²) in [5, 5.41) is 0. The first-order valence-corrected chi connectivity index (χ1v) is 9.90. The van der Waals surface area contributed by atoms with Crippen molar-refractivity contribution >= 4 is 11.5 Å². The fourth-order valence-electron chi connectivity index (χ4n) is 3.78. The Bertz CT molecular complexity index is 1210. The number of hydrogen-bond acceptors (Lipinski definition) is 2. The molecule has 0 atom stereocenters. The molecule has 0 amide bonds. The van der Waals surface area contributed by atoms with E-state index in [0.29, 0.717) is 28.6 Å². The van der Waals surface area contributed by atoms with Crippen molar-refractivity contribution in [2.75, 3.05) is 6.61 Å². The molecule has 0 fully saturated rings. The SMILES string of the molecule is CCOC(=O)c1c(-c2ccc(C(F)(F)F)cc2)c(Cc2ccccc2)n2ccccc12. The maximum Gasteiger partial charge on any atom is 0.416 e. The quantitative estimate of drug-likeness (QED) is 0.348. The lowest BCUT2D eigenvalue weighted by molar-refractivity contribution is -0.137. The number of nitrogens with zero attached hydrogens (tertiary/aromatic N) is 1. The van der Waals surface area contributed by atoms with Crippen LogP contribution in [0.5, 0.6) is 0 Å². The third-order valence-corrected chi connectivity index (χ3v) is 5.14. The van der Waals surface area contributed by atoms with Gasteiger partial charge in [-0.2, -0.15) is 13.2 Å². The number of fused-ring (bicyclic) bond motifs is 1. The maximum atomic E-state index is 13.1. The second kappa shape index (κ2) is 8.30. The molecule has 0 aliphatic heterocycles. The van der Waals surface area contributed by atoms with E-state index in [1.165, 1.54) is 12.1 Å². The highest BCUT2D eigenvalue weighted by Crippen LogP contribution is 2.37. The summed E-state index contributed by atoms with van der Waals surface area (Å²) < 4.78 is 46.5. The van der Waals surface area contributed by atoms with Gasteiger partial charge in [0.25, 0.3) is 0 Å². The van der Waals surface area contributed by atoms with Gasteiger partial charge in [-0.15, -0.1) is 0 Å². The molecule has 0 spiro atoms. The summed E-state index contributed by atoms with van der Waals surface area (Å²) in [6.45, 7) is 1.92. The van der Waals surface area contributed by atoms with Crippen molar-refractivity contribution in [1.29, 1.82) is 0 Å². The Morgan fingerprint density at radius 1 is 0.935 bits per heavy atom. The molecule has 0 unspecified atom stereocenters. The van der Waals surface area contributed by atoms with Crippen molar-refractivity contribution in [3.05, 3.63) is 101 Å². The van der Waals surface area contributed by atoms with Crippen molar-refractivity contribution in [2.45, 2.75) is 19.5 Å². The van der Waals surface area contributed by atoms with E-state index in [9.17, 15) is 18.0 Å². The van der Waals surface area contributed by atoms with E-state index in [4.69, 9.17) is 4.74 Å². The molecular formula is C25H20F3NO2. The summed E-state index contributed by atoms with van der Waals surface area (Å²) >= 11 is 0. The predicted molar refractivity (Wildman–Crippen MR) is 113 cm³/mol. The average molecular weight is 423 g/mol. The molecule has 6 heteroatoms. The standard InChI is InChI=1S/C25H20F3NO2/c1-2-31-24(30)23-20-10-6-7-15-29(20)21(16-17-8-4-3-5-9-17)22(23)18-11-13-19(14-12-18)25(26,27)28/h3-15H,2,16H2,1H3. The van der Waals surface area contributed by atoms with Gasteiger partial charge in [-0.05, 0) is 42.3 Å². The third kappa shape index (κ3) is 4.06. The summed E-state index contributed by atoms with van der Waals surface area (Å²) in [5.74, 6) is -0.500. The molecule has 0 aliphatic carbocycles. The zero-order valence-electron chi connectivity index (χ0n) is 16.8. The van der Waals surface area contributed by atoms with Crippen molar-refractivity contribution in [3.63, 3.8) is 0 Å². The number of hydrogen-bond donors (Lipinski definition) is 0. The molecule has 0 N–H and O–H groups in total. The second-order valence-electron chi connectivity index (χ2n) is 7.11. The van der Waals surface area contributed by atoms with Crippen LogP contribution in [0.25, 0.3) is 16.6 Å². The van der Waals surface area contributed by atoms with Crippen LogP contribution >= 0.6 is 0 Å². The van der Waals surface area contributed by atoms with Crippen LogP contribution in [-0.4, -0.2) is 17.0 Å². The number of alkyl halides is 3. The average Bonchev–Trinajstić information content (AvgIpc) is 3.08. The Labute approximate surface area is 177 Å². The molecule has 2 aromatic carbocycles. The first-order chi connectivity index (χ1) is 14.9. The highest BCUT2D eigenvalue weighted by molar-refractivity contribution is 6.05. The molecule has 0 aliphatic rings. The number of benzene rings is 2. The molecule has 0 radical (unpaired) electrons. The van der Waals surface area contributed by atoms with Gasteiger partial charge in [-0.1, -0.05) is 48.5 Å². The summed E-state index contributed by atoms with van der Waals surface area (Å²) in [7, 11) is 0. The van der Waals surface area contributed by atoms with Gasteiger partial charge in [0.15, 0.2) is 0 Å². The van der Waals surface area contributed by atoms with Gasteiger partial charge in [-0.25, -0.2) is 4.79 Å². The summed E-state index contributed by atoms with van der Waals surface area (Å²) in [6, 6.07) is 20.1. The fraction of sp³-hybridized carbons (Fsp3) is 0.160. The minimum atomic E-state index is -4.43. The van der Waals surface area contributed by atoms with Crippen LogP contribution in [-0.2, 0) is 17.3 Å². The van der Waals surface area contributed by atoms with Crippen LogP contribution in [0.3, 0.4) is 0 Å². The number of carbonyl (C=O) groups is 1. The van der Waals surface area contributed by atoms with E-state index in [1.807, 2.05) is 59.1 Å². The number of esters is 1. The van der Waals surface area contributed by atoms with E-state index in [2.05, 4.69) is 0 Å². The monoisotopic (exact) mass is 423 g/mol. The highest BCUT2D eigenvalue weighted by Gasteiger charge is 2.31. The molecule has 31 heavy (non-hydrogen) atoms. The van der Waals surface area contributed by atoms with Gasteiger partial charge in [0.2, 0.25) is 0 Å². The number of ether oxygens (including phenoxy) is 1. The topological polar surface area (TPSA) is 30.7 Å². The molecule has 158 valence electrons. The zero-order valence-corrected chi connectivity index (χ0v) is 16.8. The zero-order chi connectivity index (χ0) is 22.0. The Hall–Kier alpha value is -3.54. The molecule has 4 aromatic rings. The van der Waals surface area contributed by atoms with E-state index < -0.39 is 17.7 Å². The van der Waals surface area contributed by atoms with E-state index in [1.54, 1.807) is 6.92 Å². The lowest BCUT2D eigenvalue weighted by atomic mass is 9.96. The minimum absolute atomic E-state index is 0.198. The minimum Gasteiger partial charge on any atom is -0.462 e. The van der Waals surface area contributed by atoms with Crippen LogP contribution in [0, 0.1) is 0 Å². The summed E-state index contributed by atoms with van der Waals surface area (Å²) in [6.07, 6.45) is -2.08. The smallest absolute Gasteiger partial charge is 0.416 e. The number of rotatable bonds is 5. The number of pyridine rings is 1. The Balaban J connectivity index is 1.97. The second-order valence-corrected chi connectivity index (χ2v) is 7.11. The summed E-state index contributed by atoms with van der Waals surface area (Å²) in [4.78, 5) is 12.9. The molecular weight excluding hydrogens is 403 g/mol. The van der Waals surface area contributed by atoms with Gasteiger partial charge in [-0.3, -0.25) is 0 Å². The highest BCUT2D eigenvalue weighted by atomic mass is 19.4. The van der Waals surface area contributed by atoms with Crippen LogP contribution in [0.4, 0.5) is 13.2 Å². The Morgan fingerprint density at radius 2 is 1.61 bits per heavy atom. The molecule has 0 saturated carbocycles. The predicted octanol–water partition coefficient (Wildman–Crippen LogP) is 6.39. The number of halogens is 3. The van der Waals surface area contributed by atoms with Crippen molar-refractivity contribution in [3.8, 4) is 11.1 Å². The lowest BCUT2D eigenvalue weighted by Crippen LogP contribution is -2.07. The number of aromatic nitrogens is 1. The van der Waals surface area contributed by atoms with Crippen LogP contribution in [0.15, 0.2) is 79.0 Å². The molecule has 4 rings (SSSR count). The van der Waals surface area contributed by atoms with Crippen LogP contribution in [0.2, 0.25) is 0 Å². The van der Waals surface area contributed by atoms with E-state index >= 15 is 0 Å². The largest absolute Gasteiger partial charge is 0.462 e. The normalized spacial score (nSPS) is 11.6. The van der Waals surface area contributed by atoms with Crippen LogP contribution < -0.4 is 0 Å². The maximum absolute atomic E-state index is 13.1. The Morgan fingerprint density at radius 3 is 2.26 bits per heavy atom. The first kappa shape index (κ1) is 20.7. The molecule has 2 heterocycles. The number of carbonyl (C=O) groups excluding carboxylic acids is 1. The molecule has 2 aromatic heterocycles. The van der Waals surface area contributed by atoms with E-state index in [0.717, 1.165) is 23.4 Å². The van der Waals surface area contributed by atoms with Gasteiger partial charge in [0, 0.05) is 23.9 Å². The first-order valence-electron chi connectivity index (χ1n) is 9.90. The summed E-state index contributed by atoms with van der Waals surface area (Å²) in [5.41, 5.74) is 3.23. The van der Waals surface area contributed by atoms with Gasteiger partial charge in [0.1, 0.15) is 0 Å². The van der Waals surface area contributed by atoms with E-state index in [-0.39, 0.29) is 6.61 Å². The third-order valence-electron chi connectivity index (χ3n) is 5.14. The van der Waals surface area contributed by atoms with Crippen LogP contribution in [0.1, 0.15) is 34.1 Å². The Kier molecular flexibility index (Phi) is 5.55. The van der Waals surface area contributed by atoms with Gasteiger partial charge in [0.05, 0.1) is 23.3 Å². The van der Waals surface area contributed by atoms with Crippen molar-refractivity contribution < 1.29 is 22.7 Å². The van der Waals surface area contributed by atoms with Crippen molar-refractivity contribution in [2.24, 2.45) is 0 Å². The fourth-order valence-corrected chi connectivity index (χ4v) is 3.78. The van der Waals surface area contributed by atoms with Gasteiger partial charge >= 0.3 is 12.1 Å². The lowest BCUT2D eigenvalue weighted by Gasteiger charge is -2.11. The van der Waals surface area contributed by atoms with Crippen molar-refractivity contribution in [1.82, 2.24) is 4.40 Å².